The Hall–Kier alpha value is -2.02. The Labute approximate surface area is 126 Å². The summed E-state index contributed by atoms with van der Waals surface area (Å²) in [5.74, 6) is -3.17. The van der Waals surface area contributed by atoms with Crippen LogP contribution in [0.15, 0.2) is 33.7 Å². The number of halogens is 3. The Kier molecular flexibility index (Phi) is 4.22. The summed E-state index contributed by atoms with van der Waals surface area (Å²) in [7, 11) is 1.25. The van der Waals surface area contributed by atoms with Crippen LogP contribution in [0.4, 0.5) is 8.78 Å². The molecule has 1 heterocycles. The van der Waals surface area contributed by atoms with Crippen LogP contribution in [-0.2, 0) is 13.5 Å². The second kappa shape index (κ2) is 5.77. The van der Waals surface area contributed by atoms with Crippen molar-refractivity contribution in [3.05, 3.63) is 67.5 Å². The van der Waals surface area contributed by atoms with E-state index in [1.807, 2.05) is 0 Å². The number of carboxylic acid groups (broad SMARTS) is 1. The zero-order valence-corrected chi connectivity index (χ0v) is 12.4. The van der Waals surface area contributed by atoms with Gasteiger partial charge < -0.3 is 9.67 Å². The van der Waals surface area contributed by atoms with Gasteiger partial charge in [0.05, 0.1) is 5.56 Å². The molecule has 0 aliphatic carbocycles. The van der Waals surface area contributed by atoms with Crippen molar-refractivity contribution in [1.82, 2.24) is 4.57 Å². The predicted octanol–water partition coefficient (Wildman–Crippen LogP) is 2.72. The number of benzene rings is 1. The van der Waals surface area contributed by atoms with Crippen LogP contribution in [0.2, 0.25) is 0 Å². The van der Waals surface area contributed by atoms with E-state index in [1.54, 1.807) is 6.07 Å². The van der Waals surface area contributed by atoms with Crippen LogP contribution in [0.3, 0.4) is 0 Å². The monoisotopic (exact) mass is 357 g/mol. The van der Waals surface area contributed by atoms with E-state index in [9.17, 15) is 18.4 Å². The molecule has 2 rings (SSSR count). The fourth-order valence-corrected chi connectivity index (χ4v) is 2.28. The highest BCUT2D eigenvalue weighted by molar-refractivity contribution is 9.10. The quantitative estimate of drug-likeness (QED) is 0.918. The molecule has 0 saturated carbocycles. The lowest BCUT2D eigenvalue weighted by Gasteiger charge is -2.10. The maximum absolute atomic E-state index is 14.1. The van der Waals surface area contributed by atoms with E-state index in [0.29, 0.717) is 4.47 Å². The Balaban J connectivity index is 2.60. The smallest absolute Gasteiger partial charge is 0.337 e. The lowest BCUT2D eigenvalue weighted by Crippen LogP contribution is -2.25. The van der Waals surface area contributed by atoms with Crippen LogP contribution in [0.1, 0.15) is 21.5 Å². The van der Waals surface area contributed by atoms with Crippen molar-refractivity contribution in [3.8, 4) is 0 Å². The van der Waals surface area contributed by atoms with E-state index in [4.69, 9.17) is 5.11 Å². The highest BCUT2D eigenvalue weighted by Crippen LogP contribution is 2.21. The van der Waals surface area contributed by atoms with Gasteiger partial charge in [0.25, 0.3) is 5.56 Å². The molecule has 0 aliphatic heterocycles. The summed E-state index contributed by atoms with van der Waals surface area (Å²) in [6, 6.07) is 4.15. The molecule has 1 aromatic carbocycles. The summed E-state index contributed by atoms with van der Waals surface area (Å²) in [5, 5.41) is 9.11. The molecule has 1 aromatic heterocycles. The molecule has 0 fully saturated rings. The summed E-state index contributed by atoms with van der Waals surface area (Å²) >= 11 is 3.09. The number of hydrogen-bond acceptors (Lipinski definition) is 2. The summed E-state index contributed by atoms with van der Waals surface area (Å²) < 4.78 is 29.2. The standard InChI is InChI=1S/C14H10BrF2NO3/c1-18-6-10(14(20)21)9(12(17)13(18)19)4-7-2-3-8(15)5-11(7)16/h2-3,5-6H,4H2,1H3,(H,20,21). The van der Waals surface area contributed by atoms with Crippen molar-refractivity contribution < 1.29 is 18.7 Å². The minimum atomic E-state index is -1.38. The molecule has 110 valence electrons. The van der Waals surface area contributed by atoms with Crippen molar-refractivity contribution in [2.75, 3.05) is 0 Å². The Bertz CT molecular complexity index is 787. The minimum Gasteiger partial charge on any atom is -0.478 e. The first-order chi connectivity index (χ1) is 9.81. The first kappa shape index (κ1) is 15.4. The first-order valence-electron chi connectivity index (χ1n) is 5.86. The molecule has 0 bridgehead atoms. The number of aromatic nitrogens is 1. The number of rotatable bonds is 3. The molecule has 21 heavy (non-hydrogen) atoms. The van der Waals surface area contributed by atoms with Crippen LogP contribution in [0, 0.1) is 11.6 Å². The third kappa shape index (κ3) is 3.02. The van der Waals surface area contributed by atoms with Crippen molar-refractivity contribution in [3.63, 3.8) is 0 Å². The topological polar surface area (TPSA) is 59.3 Å². The number of pyridine rings is 1. The molecule has 0 atom stereocenters. The number of hydrogen-bond donors (Lipinski definition) is 1. The van der Waals surface area contributed by atoms with Gasteiger partial charge in [0, 0.05) is 29.7 Å². The number of carboxylic acids is 1. The van der Waals surface area contributed by atoms with Crippen LogP contribution < -0.4 is 5.56 Å². The SMILES string of the molecule is Cn1cc(C(=O)O)c(Cc2ccc(Br)cc2F)c(F)c1=O. The molecule has 0 saturated heterocycles. The number of aromatic carboxylic acids is 1. The van der Waals surface area contributed by atoms with Gasteiger partial charge in [0.2, 0.25) is 0 Å². The van der Waals surface area contributed by atoms with E-state index in [0.717, 1.165) is 10.8 Å². The average molecular weight is 358 g/mol. The summed E-state index contributed by atoms with van der Waals surface area (Å²) in [4.78, 5) is 22.8. The average Bonchev–Trinajstić information content (AvgIpc) is 2.41. The number of nitrogens with zero attached hydrogens (tertiary/aromatic N) is 1. The molecule has 0 amide bonds. The van der Waals surface area contributed by atoms with Crippen LogP contribution >= 0.6 is 15.9 Å². The van der Waals surface area contributed by atoms with Crippen molar-refractivity contribution in [2.24, 2.45) is 7.05 Å². The van der Waals surface area contributed by atoms with Gasteiger partial charge in [0.15, 0.2) is 5.82 Å². The van der Waals surface area contributed by atoms with Crippen molar-refractivity contribution in [2.45, 2.75) is 6.42 Å². The highest BCUT2D eigenvalue weighted by Gasteiger charge is 2.20. The third-order valence-electron chi connectivity index (χ3n) is 3.03. The molecule has 0 unspecified atom stereocenters. The second-order valence-electron chi connectivity index (χ2n) is 4.47. The minimum absolute atomic E-state index is 0.104. The Morgan fingerprint density at radius 1 is 1.38 bits per heavy atom. The normalized spacial score (nSPS) is 10.7. The van der Waals surface area contributed by atoms with Gasteiger partial charge in [-0.3, -0.25) is 4.79 Å². The zero-order chi connectivity index (χ0) is 15.7. The molecule has 1 N–H and O–H groups in total. The fourth-order valence-electron chi connectivity index (χ4n) is 1.94. The number of carbonyl (C=O) groups is 1. The van der Waals surface area contributed by atoms with Gasteiger partial charge in [-0.1, -0.05) is 22.0 Å². The maximum Gasteiger partial charge on any atom is 0.337 e. The van der Waals surface area contributed by atoms with Gasteiger partial charge in [-0.15, -0.1) is 0 Å². The van der Waals surface area contributed by atoms with E-state index in [-0.39, 0.29) is 23.1 Å². The lowest BCUT2D eigenvalue weighted by molar-refractivity contribution is 0.0694. The van der Waals surface area contributed by atoms with E-state index in [2.05, 4.69) is 15.9 Å². The molecule has 7 heteroatoms. The second-order valence-corrected chi connectivity index (χ2v) is 5.38. The fraction of sp³-hybridized carbons (Fsp3) is 0.143. The summed E-state index contributed by atoms with van der Waals surface area (Å²) in [6.45, 7) is 0. The van der Waals surface area contributed by atoms with Gasteiger partial charge in [-0.25, -0.2) is 13.6 Å². The lowest BCUT2D eigenvalue weighted by atomic mass is 10.0. The Morgan fingerprint density at radius 2 is 2.05 bits per heavy atom. The van der Waals surface area contributed by atoms with E-state index in [1.165, 1.54) is 19.2 Å². The third-order valence-corrected chi connectivity index (χ3v) is 3.53. The largest absolute Gasteiger partial charge is 0.478 e. The molecular formula is C14H10BrF2NO3. The molecule has 0 aliphatic rings. The molecule has 0 spiro atoms. The Morgan fingerprint density at radius 3 is 2.62 bits per heavy atom. The van der Waals surface area contributed by atoms with Gasteiger partial charge >= 0.3 is 5.97 Å². The van der Waals surface area contributed by atoms with Gasteiger partial charge in [-0.2, -0.15) is 0 Å². The van der Waals surface area contributed by atoms with Crippen molar-refractivity contribution in [1.29, 1.82) is 0 Å². The summed E-state index contributed by atoms with van der Waals surface area (Å²) in [6.07, 6.45) is 0.711. The molecule has 2 aromatic rings. The van der Waals surface area contributed by atoms with E-state index >= 15 is 0 Å². The predicted molar refractivity (Wildman–Crippen MR) is 75.5 cm³/mol. The maximum atomic E-state index is 14.1. The van der Waals surface area contributed by atoms with Crippen LogP contribution in [0.5, 0.6) is 0 Å². The van der Waals surface area contributed by atoms with Crippen LogP contribution in [-0.4, -0.2) is 15.6 Å². The number of aryl methyl sites for hydroxylation is 1. The van der Waals surface area contributed by atoms with Gasteiger partial charge in [-0.05, 0) is 17.7 Å². The van der Waals surface area contributed by atoms with Gasteiger partial charge in [0.1, 0.15) is 5.82 Å². The first-order valence-corrected chi connectivity index (χ1v) is 6.65. The molecule has 0 radical (unpaired) electrons. The highest BCUT2D eigenvalue weighted by atomic mass is 79.9. The zero-order valence-electron chi connectivity index (χ0n) is 10.9. The molecule has 4 nitrogen and oxygen atoms in total. The van der Waals surface area contributed by atoms with Crippen LogP contribution in [0.25, 0.3) is 0 Å². The molecular weight excluding hydrogens is 348 g/mol. The van der Waals surface area contributed by atoms with Crippen molar-refractivity contribution >= 4 is 21.9 Å². The van der Waals surface area contributed by atoms with E-state index < -0.39 is 23.2 Å². The summed E-state index contributed by atoms with van der Waals surface area (Å²) in [5.41, 5.74) is -1.54.